The van der Waals surface area contributed by atoms with Gasteiger partial charge >= 0.3 is 0 Å². The molecule has 1 saturated carbocycles. The first kappa shape index (κ1) is 44.9. The smallest absolute Gasteiger partial charge is 0.131 e. The second kappa shape index (κ2) is 15.3. The molecule has 3 aromatic rings. The molecule has 2 spiro atoms. The van der Waals surface area contributed by atoms with E-state index in [2.05, 4.69) is 140 Å². The van der Waals surface area contributed by atoms with Gasteiger partial charge in [0.1, 0.15) is 52.4 Å². The fraction of sp³-hybridized carbons (Fsp3) is 0.660. The molecule has 7 nitrogen and oxygen atoms in total. The minimum Gasteiger partial charge on any atom is -0.493 e. The average Bonchev–Trinajstić information content (AvgIpc) is 4.06. The molecule has 7 heteroatoms. The molecule has 60 heavy (non-hydrogen) atoms. The topological polar surface area (TPSA) is 93.2 Å². The number of aliphatic hydroxyl groups is 2. The van der Waals surface area contributed by atoms with Gasteiger partial charge in [-0.3, -0.25) is 0 Å². The predicted octanol–water partition coefficient (Wildman–Crippen LogP) is 10.7. The first-order valence-corrected chi connectivity index (χ1v) is 23.0. The minimum absolute atomic E-state index is 0.125. The molecule has 2 N–H and O–H groups in total. The highest BCUT2D eigenvalue weighted by atomic mass is 16.7. The Morgan fingerprint density at radius 2 is 0.800 bits per heavy atom. The lowest BCUT2D eigenvalue weighted by molar-refractivity contribution is -0.103. The zero-order valence-electron chi connectivity index (χ0n) is 39.7. The Hall–Kier alpha value is -3.10. The third-order valence-electron chi connectivity index (χ3n) is 13.7. The maximum atomic E-state index is 13.1. The number of benzene rings is 3. The fourth-order valence-corrected chi connectivity index (χ4v) is 10.0. The highest BCUT2D eigenvalue weighted by Crippen LogP contribution is 2.70. The molecule has 3 fully saturated rings. The van der Waals surface area contributed by atoms with Gasteiger partial charge in [0, 0.05) is 25.7 Å². The molecular formula is C53H76O7. The summed E-state index contributed by atoms with van der Waals surface area (Å²) in [4.78, 5) is 0. The summed E-state index contributed by atoms with van der Waals surface area (Å²) < 4.78 is 34.4. The Bertz CT molecular complexity index is 1960. The Morgan fingerprint density at radius 1 is 0.517 bits per heavy atom. The van der Waals surface area contributed by atoms with Crippen LogP contribution < -0.4 is 14.2 Å². The lowest BCUT2D eigenvalue weighted by Crippen LogP contribution is -2.65. The van der Waals surface area contributed by atoms with Gasteiger partial charge < -0.3 is 33.9 Å². The van der Waals surface area contributed by atoms with Crippen molar-refractivity contribution in [1.82, 2.24) is 0 Å². The van der Waals surface area contributed by atoms with Crippen LogP contribution in [0.4, 0.5) is 0 Å². The number of ether oxygens (including phenoxy) is 5. The van der Waals surface area contributed by atoms with E-state index in [1.165, 1.54) is 16.7 Å². The molecule has 7 rings (SSSR count). The zero-order valence-corrected chi connectivity index (χ0v) is 39.7. The monoisotopic (exact) mass is 825 g/mol. The average molecular weight is 825 g/mol. The molecule has 2 saturated heterocycles. The standard InChI is InChI=1S/C53H76O7/c1-16-19-56-41-32-22-34-26-39(48(7,8)9)28-36(42(34)57-20-17-2)30-51-44(54)52(46(60-52)53(55,45(51)59-51)50(13,14)15)31-37-29-40(49(10,11)12)27-35(43(37)58-21-18-3)23-33(41)25-38(24-32)47(4,5)6/h24-29,44-46,54-55H,16-23,30-31H2,1-15H3. The van der Waals surface area contributed by atoms with Gasteiger partial charge in [0.25, 0.3) is 0 Å². The van der Waals surface area contributed by atoms with Crippen molar-refractivity contribution in [1.29, 1.82) is 0 Å². The van der Waals surface area contributed by atoms with Crippen molar-refractivity contribution in [3.63, 3.8) is 0 Å². The third-order valence-corrected chi connectivity index (χ3v) is 13.7. The van der Waals surface area contributed by atoms with Crippen LogP contribution in [0.2, 0.25) is 0 Å². The molecule has 0 radical (unpaired) electrons. The highest BCUT2D eigenvalue weighted by Gasteiger charge is 2.89. The van der Waals surface area contributed by atoms with Crippen molar-refractivity contribution >= 4 is 0 Å². The molecule has 3 aromatic carbocycles. The quantitative estimate of drug-likeness (QED) is 0.208. The van der Waals surface area contributed by atoms with Crippen LogP contribution in [0.3, 0.4) is 0 Å². The molecule has 2 heterocycles. The van der Waals surface area contributed by atoms with Crippen LogP contribution >= 0.6 is 0 Å². The Labute approximate surface area is 361 Å². The number of hydrogen-bond acceptors (Lipinski definition) is 7. The van der Waals surface area contributed by atoms with Crippen LogP contribution in [0.15, 0.2) is 36.4 Å². The SMILES string of the molecule is CCCOc1c2cc(C(C)(C)C)cc1Cc1cc(C(C)(C)C)cc(c1OCCC)CC13OC1C(O)(C(C)(C)C)C1OC1(Cc1cc(C(C)(C)C)cc(c1OCCC)C2)C3O. The zero-order chi connectivity index (χ0) is 44.0. The molecule has 0 aromatic heterocycles. The Balaban J connectivity index is 1.59. The van der Waals surface area contributed by atoms with E-state index in [0.717, 1.165) is 69.9 Å². The maximum Gasteiger partial charge on any atom is 0.131 e. The van der Waals surface area contributed by atoms with Crippen molar-refractivity contribution in [2.24, 2.45) is 5.41 Å². The number of fused-ring (bicyclic) bond motifs is 6. The van der Waals surface area contributed by atoms with Gasteiger partial charge in [-0.25, -0.2) is 0 Å². The summed E-state index contributed by atoms with van der Waals surface area (Å²) in [6.07, 6.45) is 2.22. The number of epoxide rings is 2. The van der Waals surface area contributed by atoms with Gasteiger partial charge in [-0.05, 0) is 91.0 Å². The molecule has 4 aliphatic rings. The molecule has 8 bridgehead atoms. The summed E-state index contributed by atoms with van der Waals surface area (Å²) in [5.74, 6) is 2.60. The van der Waals surface area contributed by atoms with E-state index in [4.69, 9.17) is 23.7 Å². The van der Waals surface area contributed by atoms with Crippen molar-refractivity contribution in [3.05, 3.63) is 86.5 Å². The van der Waals surface area contributed by atoms with Crippen LogP contribution in [-0.2, 0) is 51.4 Å². The number of rotatable bonds is 9. The van der Waals surface area contributed by atoms with Crippen LogP contribution in [-0.4, -0.2) is 65.1 Å². The summed E-state index contributed by atoms with van der Waals surface area (Å²) in [6, 6.07) is 13.9. The molecule has 4 atom stereocenters. The lowest BCUT2D eigenvalue weighted by Gasteiger charge is -2.44. The number of aliphatic hydroxyl groups excluding tert-OH is 1. The second-order valence-electron chi connectivity index (χ2n) is 22.8. The first-order chi connectivity index (χ1) is 27.9. The van der Waals surface area contributed by atoms with E-state index in [0.29, 0.717) is 45.5 Å². The molecule has 0 amide bonds. The van der Waals surface area contributed by atoms with Crippen molar-refractivity contribution in [2.75, 3.05) is 19.8 Å². The molecule has 2 aliphatic carbocycles. The summed E-state index contributed by atoms with van der Waals surface area (Å²) >= 11 is 0. The Kier molecular flexibility index (Phi) is 11.5. The summed E-state index contributed by atoms with van der Waals surface area (Å²) in [6.45, 7) is 34.7. The van der Waals surface area contributed by atoms with Gasteiger partial charge in [0.2, 0.25) is 0 Å². The lowest BCUT2D eigenvalue weighted by atomic mass is 9.59. The van der Waals surface area contributed by atoms with Crippen molar-refractivity contribution in [2.45, 2.75) is 200 Å². The van der Waals surface area contributed by atoms with E-state index in [9.17, 15) is 10.2 Å². The van der Waals surface area contributed by atoms with Crippen LogP contribution in [0.5, 0.6) is 17.2 Å². The molecule has 330 valence electrons. The fourth-order valence-electron chi connectivity index (χ4n) is 10.0. The van der Waals surface area contributed by atoms with E-state index < -0.39 is 40.5 Å². The third kappa shape index (κ3) is 7.70. The van der Waals surface area contributed by atoms with Crippen LogP contribution in [0, 0.1) is 5.41 Å². The van der Waals surface area contributed by atoms with E-state index >= 15 is 0 Å². The van der Waals surface area contributed by atoms with E-state index in [-0.39, 0.29) is 16.2 Å². The predicted molar refractivity (Wildman–Crippen MR) is 241 cm³/mol. The largest absolute Gasteiger partial charge is 0.493 e. The van der Waals surface area contributed by atoms with Gasteiger partial charge in [0.05, 0.1) is 19.8 Å². The second-order valence-corrected chi connectivity index (χ2v) is 22.8. The molecule has 4 unspecified atom stereocenters. The first-order valence-electron chi connectivity index (χ1n) is 23.0. The van der Waals surface area contributed by atoms with Gasteiger partial charge in [-0.2, -0.15) is 0 Å². The van der Waals surface area contributed by atoms with Gasteiger partial charge in [0.15, 0.2) is 0 Å². The van der Waals surface area contributed by atoms with E-state index in [1.54, 1.807) is 0 Å². The minimum atomic E-state index is -1.37. The summed E-state index contributed by atoms with van der Waals surface area (Å²) in [5.41, 5.74) is 5.34. The highest BCUT2D eigenvalue weighted by molar-refractivity contribution is 5.58. The maximum absolute atomic E-state index is 13.1. The van der Waals surface area contributed by atoms with E-state index in [1.807, 2.05) is 0 Å². The molecular weight excluding hydrogens is 749 g/mol. The van der Waals surface area contributed by atoms with Gasteiger partial charge in [-0.15, -0.1) is 0 Å². The van der Waals surface area contributed by atoms with Crippen molar-refractivity contribution < 1.29 is 33.9 Å². The number of hydrogen-bond donors (Lipinski definition) is 2. The van der Waals surface area contributed by atoms with Crippen molar-refractivity contribution in [3.8, 4) is 17.2 Å². The normalized spacial score (nSPS) is 27.4. The molecule has 2 aliphatic heterocycles. The summed E-state index contributed by atoms with van der Waals surface area (Å²) in [7, 11) is 0. The Morgan fingerprint density at radius 3 is 1.07 bits per heavy atom. The van der Waals surface area contributed by atoms with Crippen LogP contribution in [0.1, 0.15) is 173 Å². The van der Waals surface area contributed by atoms with Gasteiger partial charge in [-0.1, -0.05) is 140 Å². The summed E-state index contributed by atoms with van der Waals surface area (Å²) in [5, 5.41) is 26.1. The van der Waals surface area contributed by atoms with Crippen LogP contribution in [0.25, 0.3) is 0 Å².